The maximum absolute atomic E-state index is 2.26. The van der Waals surface area contributed by atoms with E-state index in [0.717, 1.165) is 6.42 Å². The molecule has 0 nitrogen and oxygen atoms in total. The molecular weight excluding hydrogens is 216 g/mol. The highest BCUT2D eigenvalue weighted by molar-refractivity contribution is 5.31. The van der Waals surface area contributed by atoms with Gasteiger partial charge in [-0.25, -0.2) is 0 Å². The van der Waals surface area contributed by atoms with Crippen molar-refractivity contribution in [3.05, 3.63) is 22.8 Å². The largest absolute Gasteiger partial charge is 0.0844 e. The molecule has 0 amide bonds. The average molecular weight is 252 g/mol. The second kappa shape index (κ2) is 14.5. The third-order valence-corrected chi connectivity index (χ3v) is 3.32. The summed E-state index contributed by atoms with van der Waals surface area (Å²) in [6.45, 7) is 15.3. The molecule has 18 heavy (non-hydrogen) atoms. The summed E-state index contributed by atoms with van der Waals surface area (Å²) in [6, 6.07) is 0. The summed E-state index contributed by atoms with van der Waals surface area (Å²) in [4.78, 5) is 0. The third kappa shape index (κ3) is 12.0. The Labute approximate surface area is 117 Å². The number of unbranched alkanes of at least 4 members (excludes halogenated alkanes) is 5. The number of hydrogen-bond acceptors (Lipinski definition) is 0. The Bertz CT molecular complexity index is 214. The Hall–Kier alpha value is -0.520. The first-order chi connectivity index (χ1) is 8.54. The topological polar surface area (TPSA) is 0 Å². The Morgan fingerprint density at radius 2 is 1.22 bits per heavy atom. The molecular formula is C18H36. The van der Waals surface area contributed by atoms with E-state index in [2.05, 4.69) is 54.5 Å². The number of hydrogen-bond donors (Lipinski definition) is 0. The molecule has 0 heteroatoms. The van der Waals surface area contributed by atoms with Gasteiger partial charge in [0.25, 0.3) is 0 Å². The van der Waals surface area contributed by atoms with Crippen LogP contribution in [0.4, 0.5) is 0 Å². The lowest BCUT2D eigenvalue weighted by molar-refractivity contribution is 0.624. The Kier molecular flexibility index (Phi) is 16.0. The van der Waals surface area contributed by atoms with Crippen molar-refractivity contribution in [1.29, 1.82) is 0 Å². The zero-order chi connectivity index (χ0) is 14.4. The van der Waals surface area contributed by atoms with Crippen LogP contribution >= 0.6 is 0 Å². The van der Waals surface area contributed by atoms with Gasteiger partial charge in [-0.3, -0.25) is 0 Å². The molecule has 0 saturated heterocycles. The molecule has 0 aromatic heterocycles. The van der Waals surface area contributed by atoms with E-state index in [1.807, 2.05) is 0 Å². The summed E-state index contributed by atoms with van der Waals surface area (Å²) in [5, 5.41) is 0. The molecule has 0 rings (SSSR count). The van der Waals surface area contributed by atoms with Crippen LogP contribution in [0.1, 0.15) is 93.4 Å². The molecule has 0 aromatic rings. The van der Waals surface area contributed by atoms with Crippen LogP contribution < -0.4 is 0 Å². The van der Waals surface area contributed by atoms with Crippen LogP contribution in [0.3, 0.4) is 0 Å². The van der Waals surface area contributed by atoms with Crippen molar-refractivity contribution in [3.63, 3.8) is 0 Å². The van der Waals surface area contributed by atoms with Crippen LogP contribution in [0.25, 0.3) is 0 Å². The van der Waals surface area contributed by atoms with E-state index in [4.69, 9.17) is 0 Å². The summed E-state index contributed by atoms with van der Waals surface area (Å²) in [5.41, 5.74) is 4.36. The van der Waals surface area contributed by atoms with Crippen molar-refractivity contribution in [2.75, 3.05) is 0 Å². The van der Waals surface area contributed by atoms with Gasteiger partial charge in [-0.15, -0.1) is 0 Å². The molecule has 0 atom stereocenters. The predicted molar refractivity (Wildman–Crippen MR) is 87.1 cm³/mol. The van der Waals surface area contributed by atoms with Gasteiger partial charge in [0.15, 0.2) is 0 Å². The van der Waals surface area contributed by atoms with E-state index in [9.17, 15) is 0 Å². The van der Waals surface area contributed by atoms with Crippen LogP contribution in [-0.2, 0) is 0 Å². The van der Waals surface area contributed by atoms with Crippen LogP contribution in [-0.4, -0.2) is 0 Å². The number of rotatable bonds is 7. The van der Waals surface area contributed by atoms with Crippen molar-refractivity contribution in [2.45, 2.75) is 93.4 Å². The van der Waals surface area contributed by atoms with Gasteiger partial charge in [-0.05, 0) is 39.7 Å². The van der Waals surface area contributed by atoms with Gasteiger partial charge in [0.1, 0.15) is 0 Å². The first kappa shape index (κ1) is 19.8. The minimum Gasteiger partial charge on any atom is -0.0844 e. The monoisotopic (exact) mass is 252 g/mol. The maximum Gasteiger partial charge on any atom is -0.0306 e. The number of allylic oxidation sites excluding steroid dienone is 4. The van der Waals surface area contributed by atoms with E-state index < -0.39 is 0 Å². The minimum absolute atomic E-state index is 1.15. The molecule has 0 spiro atoms. The van der Waals surface area contributed by atoms with Gasteiger partial charge in [-0.1, -0.05) is 76.5 Å². The Morgan fingerprint density at radius 1 is 0.778 bits per heavy atom. The maximum atomic E-state index is 2.26. The molecule has 0 aromatic carbocycles. The minimum atomic E-state index is 1.15. The smallest absolute Gasteiger partial charge is 0.0306 e. The Balaban J connectivity index is 0. The van der Waals surface area contributed by atoms with E-state index in [-0.39, 0.29) is 0 Å². The standard InChI is InChI=1S/C10H18.C8H18/c1-6-9(5)10(7-2)8(3)4;1-3-5-7-8-6-4-2/h6H,7H2,1-5H3;3-8H2,1-2H3/b9-6-;. The fourth-order valence-electron chi connectivity index (χ4n) is 2.05. The highest BCUT2D eigenvalue weighted by Crippen LogP contribution is 2.16. The summed E-state index contributed by atoms with van der Waals surface area (Å²) < 4.78 is 0. The normalized spacial score (nSPS) is 10.7. The Morgan fingerprint density at radius 3 is 1.39 bits per heavy atom. The first-order valence-corrected chi connectivity index (χ1v) is 7.84. The SMILES string of the molecule is C/C=C(/C)C(CC)=C(C)C.CCCCCCCC. The highest BCUT2D eigenvalue weighted by atomic mass is 14.0. The molecule has 0 heterocycles. The molecule has 0 aliphatic rings. The molecule has 0 saturated carbocycles. The van der Waals surface area contributed by atoms with E-state index in [0.29, 0.717) is 0 Å². The molecule has 0 radical (unpaired) electrons. The lowest BCUT2D eigenvalue weighted by Gasteiger charge is -2.06. The fourth-order valence-corrected chi connectivity index (χ4v) is 2.05. The van der Waals surface area contributed by atoms with Crippen molar-refractivity contribution >= 4 is 0 Å². The van der Waals surface area contributed by atoms with Crippen LogP contribution in [0.2, 0.25) is 0 Å². The molecule has 0 fully saturated rings. The summed E-state index contributed by atoms with van der Waals surface area (Å²) >= 11 is 0. The zero-order valence-corrected chi connectivity index (χ0v) is 14.0. The summed E-state index contributed by atoms with van der Waals surface area (Å²) in [5.74, 6) is 0. The second-order valence-electron chi connectivity index (χ2n) is 5.22. The van der Waals surface area contributed by atoms with Crippen LogP contribution in [0.5, 0.6) is 0 Å². The zero-order valence-electron chi connectivity index (χ0n) is 14.0. The molecule has 108 valence electrons. The molecule has 0 N–H and O–H groups in total. The molecule has 0 aliphatic carbocycles. The molecule has 0 unspecified atom stereocenters. The van der Waals surface area contributed by atoms with Crippen LogP contribution in [0, 0.1) is 0 Å². The third-order valence-electron chi connectivity index (χ3n) is 3.32. The second-order valence-corrected chi connectivity index (χ2v) is 5.22. The van der Waals surface area contributed by atoms with Gasteiger partial charge in [0.2, 0.25) is 0 Å². The van der Waals surface area contributed by atoms with E-state index >= 15 is 0 Å². The molecule has 0 bridgehead atoms. The van der Waals surface area contributed by atoms with Crippen molar-refractivity contribution in [2.24, 2.45) is 0 Å². The van der Waals surface area contributed by atoms with Crippen molar-refractivity contribution < 1.29 is 0 Å². The van der Waals surface area contributed by atoms with Gasteiger partial charge < -0.3 is 0 Å². The van der Waals surface area contributed by atoms with E-state index in [1.165, 1.54) is 55.2 Å². The predicted octanol–water partition coefficient (Wildman–Crippen LogP) is 7.07. The molecule has 0 aliphatic heterocycles. The van der Waals surface area contributed by atoms with Gasteiger partial charge in [-0.2, -0.15) is 0 Å². The van der Waals surface area contributed by atoms with Gasteiger partial charge in [0, 0.05) is 0 Å². The van der Waals surface area contributed by atoms with Crippen molar-refractivity contribution in [3.8, 4) is 0 Å². The average Bonchev–Trinajstić information content (AvgIpc) is 2.35. The first-order valence-electron chi connectivity index (χ1n) is 7.84. The van der Waals surface area contributed by atoms with Crippen LogP contribution in [0.15, 0.2) is 22.8 Å². The lowest BCUT2D eigenvalue weighted by Crippen LogP contribution is -1.85. The summed E-state index contributed by atoms with van der Waals surface area (Å²) in [7, 11) is 0. The quantitative estimate of drug-likeness (QED) is 0.336. The van der Waals surface area contributed by atoms with Gasteiger partial charge in [0.05, 0.1) is 0 Å². The highest BCUT2D eigenvalue weighted by Gasteiger charge is 1.96. The lowest BCUT2D eigenvalue weighted by atomic mass is 10.0. The van der Waals surface area contributed by atoms with Crippen molar-refractivity contribution in [1.82, 2.24) is 0 Å². The van der Waals surface area contributed by atoms with E-state index in [1.54, 1.807) is 0 Å². The summed E-state index contributed by atoms with van der Waals surface area (Å²) in [6.07, 6.45) is 11.8. The fraction of sp³-hybridized carbons (Fsp3) is 0.778. The van der Waals surface area contributed by atoms with Gasteiger partial charge >= 0.3 is 0 Å².